The highest BCUT2D eigenvalue weighted by Crippen LogP contribution is 2.30. The van der Waals surface area contributed by atoms with Gasteiger partial charge in [0.25, 0.3) is 5.91 Å². The molecule has 224 valence electrons. The van der Waals surface area contributed by atoms with Gasteiger partial charge in [0.1, 0.15) is 23.4 Å². The van der Waals surface area contributed by atoms with Crippen molar-refractivity contribution in [3.8, 4) is 5.75 Å². The summed E-state index contributed by atoms with van der Waals surface area (Å²) < 4.78 is 10.6. The first-order valence-corrected chi connectivity index (χ1v) is 13.8. The van der Waals surface area contributed by atoms with Gasteiger partial charge in [-0.1, -0.05) is 25.1 Å². The van der Waals surface area contributed by atoms with E-state index in [1.54, 1.807) is 52.1 Å². The fourth-order valence-electron chi connectivity index (χ4n) is 4.23. The number of hydrogen-bond acceptors (Lipinski definition) is 6. The molecule has 10 nitrogen and oxygen atoms in total. The van der Waals surface area contributed by atoms with Crippen LogP contribution in [0.5, 0.6) is 5.75 Å². The van der Waals surface area contributed by atoms with Gasteiger partial charge in [0, 0.05) is 18.2 Å². The van der Waals surface area contributed by atoms with E-state index < -0.39 is 47.5 Å². The van der Waals surface area contributed by atoms with Crippen LogP contribution >= 0.6 is 0 Å². The molecule has 0 aliphatic heterocycles. The number of nitrogens with zero attached hydrogens (tertiary/aromatic N) is 1. The molecule has 0 saturated heterocycles. The van der Waals surface area contributed by atoms with E-state index in [-0.39, 0.29) is 12.8 Å². The number of benzene rings is 2. The zero-order valence-electron chi connectivity index (χ0n) is 25.4. The number of primary amides is 1. The highest BCUT2D eigenvalue weighted by atomic mass is 16.6. The van der Waals surface area contributed by atoms with Gasteiger partial charge in [-0.25, -0.2) is 4.79 Å². The lowest BCUT2D eigenvalue weighted by molar-refractivity contribution is -0.143. The van der Waals surface area contributed by atoms with Crippen molar-refractivity contribution in [2.75, 3.05) is 12.4 Å². The summed E-state index contributed by atoms with van der Waals surface area (Å²) in [7, 11) is 1.55. The number of ether oxygens (including phenoxy) is 2. The molecule has 4 amide bonds. The van der Waals surface area contributed by atoms with Gasteiger partial charge in [-0.05, 0) is 95.3 Å². The Balaban J connectivity index is 2.59. The third-order valence-corrected chi connectivity index (χ3v) is 6.72. The van der Waals surface area contributed by atoms with Gasteiger partial charge in [-0.3, -0.25) is 14.4 Å². The van der Waals surface area contributed by atoms with Crippen LogP contribution in [0.15, 0.2) is 42.5 Å². The van der Waals surface area contributed by atoms with Gasteiger partial charge in [-0.2, -0.15) is 0 Å². The van der Waals surface area contributed by atoms with Gasteiger partial charge >= 0.3 is 6.09 Å². The SMILES string of the molecule is CCC(C)N(C(=O)C(CCC(N)=O)NC(=O)OC(C)(C)C)C(C(=O)Nc1ccc(OC)cc1)c1ccc(C)c(C)c1. The lowest BCUT2D eigenvalue weighted by Crippen LogP contribution is -2.55. The summed E-state index contributed by atoms with van der Waals surface area (Å²) in [6, 6.07) is 9.87. The maximum absolute atomic E-state index is 14.3. The van der Waals surface area contributed by atoms with Crippen LogP contribution in [0.2, 0.25) is 0 Å². The van der Waals surface area contributed by atoms with E-state index in [9.17, 15) is 19.2 Å². The minimum atomic E-state index is -1.16. The molecule has 10 heteroatoms. The largest absolute Gasteiger partial charge is 0.497 e. The molecule has 41 heavy (non-hydrogen) atoms. The van der Waals surface area contributed by atoms with Crippen molar-refractivity contribution in [1.29, 1.82) is 0 Å². The average Bonchev–Trinajstić information content (AvgIpc) is 2.89. The number of aryl methyl sites for hydroxylation is 2. The molecule has 2 aromatic carbocycles. The quantitative estimate of drug-likeness (QED) is 0.337. The van der Waals surface area contributed by atoms with Crippen molar-refractivity contribution in [3.05, 3.63) is 59.2 Å². The van der Waals surface area contributed by atoms with Gasteiger partial charge in [0.2, 0.25) is 11.8 Å². The second-order valence-electron chi connectivity index (χ2n) is 11.2. The predicted octanol–water partition coefficient (Wildman–Crippen LogP) is 4.78. The fraction of sp³-hybridized carbons (Fsp3) is 0.484. The normalized spacial score (nSPS) is 13.4. The minimum absolute atomic E-state index is 0.0555. The maximum Gasteiger partial charge on any atom is 0.408 e. The summed E-state index contributed by atoms with van der Waals surface area (Å²) >= 11 is 0. The molecule has 0 aliphatic rings. The molecule has 4 N–H and O–H groups in total. The molecule has 0 spiro atoms. The van der Waals surface area contributed by atoms with Gasteiger partial charge in [0.05, 0.1) is 7.11 Å². The number of amides is 4. The molecule has 3 atom stereocenters. The van der Waals surface area contributed by atoms with Gasteiger partial charge < -0.3 is 30.7 Å². The number of alkyl carbamates (subject to hydrolysis) is 1. The van der Waals surface area contributed by atoms with Crippen molar-refractivity contribution in [2.45, 2.75) is 91.5 Å². The Morgan fingerprint density at radius 1 is 1.00 bits per heavy atom. The zero-order chi connectivity index (χ0) is 30.9. The molecule has 0 fully saturated rings. The monoisotopic (exact) mass is 568 g/mol. The van der Waals surface area contributed by atoms with Crippen molar-refractivity contribution in [1.82, 2.24) is 10.2 Å². The van der Waals surface area contributed by atoms with Crippen LogP contribution < -0.4 is 21.1 Å². The second kappa shape index (κ2) is 14.5. The molecular formula is C31H44N4O6. The lowest BCUT2D eigenvalue weighted by atomic mass is 9.96. The van der Waals surface area contributed by atoms with Crippen molar-refractivity contribution in [3.63, 3.8) is 0 Å². The summed E-state index contributed by atoms with van der Waals surface area (Å²) in [5.41, 5.74) is 7.71. The van der Waals surface area contributed by atoms with Crippen LogP contribution in [-0.4, -0.2) is 53.5 Å². The van der Waals surface area contributed by atoms with Gasteiger partial charge in [-0.15, -0.1) is 0 Å². The number of carbonyl (C=O) groups excluding carboxylic acids is 4. The van der Waals surface area contributed by atoms with Crippen LogP contribution in [0.4, 0.5) is 10.5 Å². The Morgan fingerprint density at radius 3 is 2.15 bits per heavy atom. The lowest BCUT2D eigenvalue weighted by Gasteiger charge is -2.38. The van der Waals surface area contributed by atoms with E-state index >= 15 is 0 Å². The molecular weight excluding hydrogens is 524 g/mol. The number of carbonyl (C=O) groups is 4. The van der Waals surface area contributed by atoms with E-state index in [1.807, 2.05) is 45.9 Å². The van der Waals surface area contributed by atoms with E-state index in [0.717, 1.165) is 11.1 Å². The smallest absolute Gasteiger partial charge is 0.408 e. The minimum Gasteiger partial charge on any atom is -0.497 e. The first-order valence-electron chi connectivity index (χ1n) is 13.8. The Kier molecular flexibility index (Phi) is 11.7. The molecule has 2 rings (SSSR count). The van der Waals surface area contributed by atoms with Crippen LogP contribution in [0.3, 0.4) is 0 Å². The number of rotatable bonds is 12. The molecule has 0 heterocycles. The standard InChI is InChI=1S/C31H44N4O6/c1-9-21(4)35(29(38)25(16-17-26(32)36)34-30(39)41-31(5,6)7)27(22-11-10-19(2)20(3)18-22)28(37)33-23-12-14-24(40-8)15-13-23/h10-15,18,21,25,27H,9,16-17H2,1-8H3,(H2,32,36)(H,33,37)(H,34,39). The summed E-state index contributed by atoms with van der Waals surface area (Å²) in [5, 5.41) is 5.54. The van der Waals surface area contributed by atoms with Crippen molar-refractivity contribution in [2.24, 2.45) is 5.73 Å². The molecule has 0 saturated carbocycles. The first-order chi connectivity index (χ1) is 19.2. The second-order valence-corrected chi connectivity index (χ2v) is 11.2. The number of nitrogens with one attached hydrogen (secondary N) is 2. The third kappa shape index (κ3) is 9.81. The maximum atomic E-state index is 14.3. The van der Waals surface area contributed by atoms with E-state index in [0.29, 0.717) is 23.4 Å². The topological polar surface area (TPSA) is 140 Å². The third-order valence-electron chi connectivity index (χ3n) is 6.72. The van der Waals surface area contributed by atoms with E-state index in [2.05, 4.69) is 10.6 Å². The first kappa shape index (κ1) is 33.1. The molecule has 3 unspecified atom stereocenters. The Labute approximate surface area is 242 Å². The number of hydrogen-bond donors (Lipinski definition) is 3. The van der Waals surface area contributed by atoms with Crippen LogP contribution in [0, 0.1) is 13.8 Å². The van der Waals surface area contributed by atoms with Crippen molar-refractivity contribution >= 4 is 29.5 Å². The van der Waals surface area contributed by atoms with Crippen LogP contribution in [0.1, 0.15) is 76.6 Å². The van der Waals surface area contributed by atoms with Gasteiger partial charge in [0.15, 0.2) is 0 Å². The average molecular weight is 569 g/mol. The van der Waals surface area contributed by atoms with Crippen LogP contribution in [-0.2, 0) is 19.1 Å². The Bertz CT molecular complexity index is 1220. The van der Waals surface area contributed by atoms with Crippen LogP contribution in [0.25, 0.3) is 0 Å². The summed E-state index contributed by atoms with van der Waals surface area (Å²) in [5.74, 6) is -0.944. The summed E-state index contributed by atoms with van der Waals surface area (Å²) in [4.78, 5) is 54.1. The number of anilines is 1. The van der Waals surface area contributed by atoms with E-state index in [4.69, 9.17) is 15.2 Å². The molecule has 0 aromatic heterocycles. The molecule has 0 radical (unpaired) electrons. The molecule has 0 bridgehead atoms. The van der Waals surface area contributed by atoms with E-state index in [1.165, 1.54) is 4.90 Å². The zero-order valence-corrected chi connectivity index (χ0v) is 25.4. The summed E-state index contributed by atoms with van der Waals surface area (Å²) in [6.45, 7) is 12.8. The predicted molar refractivity (Wildman–Crippen MR) is 158 cm³/mol. The fourth-order valence-corrected chi connectivity index (χ4v) is 4.23. The summed E-state index contributed by atoms with van der Waals surface area (Å²) in [6.07, 6.45) is -0.486. The highest BCUT2D eigenvalue weighted by molar-refractivity contribution is 5.99. The number of nitrogens with two attached hydrogens (primary N) is 1. The highest BCUT2D eigenvalue weighted by Gasteiger charge is 2.38. The molecule has 2 aromatic rings. The number of methoxy groups -OCH3 is 1. The Morgan fingerprint density at radius 2 is 1.63 bits per heavy atom. The molecule has 0 aliphatic carbocycles. The van der Waals surface area contributed by atoms with Crippen molar-refractivity contribution < 1.29 is 28.7 Å². The Hall–Kier alpha value is -4.08.